The molecule has 0 aliphatic heterocycles. The van der Waals surface area contributed by atoms with E-state index in [1.54, 1.807) is 12.4 Å². The van der Waals surface area contributed by atoms with Crippen LogP contribution in [0.2, 0.25) is 0 Å². The fourth-order valence-corrected chi connectivity index (χ4v) is 6.83. The van der Waals surface area contributed by atoms with Crippen molar-refractivity contribution < 1.29 is 20.4 Å². The minimum atomic E-state index is -1.19. The van der Waals surface area contributed by atoms with Crippen LogP contribution in [0.1, 0.15) is 44.6 Å². The molecule has 7 atom stereocenters. The monoisotopic (exact) mass is 438 g/mol. The Morgan fingerprint density at radius 1 is 1.09 bits per heavy atom. The number of allylic oxidation sites excluding steroid dienone is 3. The highest BCUT2D eigenvalue weighted by atomic mass is 16.3. The van der Waals surface area contributed by atoms with Gasteiger partial charge in [0.15, 0.2) is 0 Å². The average molecular weight is 439 g/mol. The maximum absolute atomic E-state index is 11.7. The van der Waals surface area contributed by atoms with Crippen molar-refractivity contribution in [3.8, 4) is 0 Å². The van der Waals surface area contributed by atoms with E-state index in [2.05, 4.69) is 18.0 Å². The summed E-state index contributed by atoms with van der Waals surface area (Å²) in [7, 11) is 3.72. The third kappa shape index (κ3) is 3.16. The number of aromatic nitrogens is 1. The van der Waals surface area contributed by atoms with Crippen molar-refractivity contribution >= 4 is 5.57 Å². The lowest BCUT2D eigenvalue weighted by Gasteiger charge is -2.46. The molecule has 1 aromatic heterocycles. The van der Waals surface area contributed by atoms with Crippen molar-refractivity contribution in [2.24, 2.45) is 11.3 Å². The van der Waals surface area contributed by atoms with Crippen molar-refractivity contribution in [2.75, 3.05) is 14.1 Å². The molecule has 0 amide bonds. The van der Waals surface area contributed by atoms with Crippen molar-refractivity contribution in [1.82, 2.24) is 9.88 Å². The van der Waals surface area contributed by atoms with Gasteiger partial charge in [-0.1, -0.05) is 24.6 Å². The van der Waals surface area contributed by atoms with Crippen LogP contribution in [0.5, 0.6) is 0 Å². The molecule has 4 N–H and O–H groups in total. The largest absolute Gasteiger partial charge is 0.388 e. The number of rotatable bonds is 2. The molecule has 0 bridgehead atoms. The molecule has 6 heteroatoms. The summed E-state index contributed by atoms with van der Waals surface area (Å²) in [6.45, 7) is 2.24. The third-order valence-electron chi connectivity index (χ3n) is 8.60. The van der Waals surface area contributed by atoms with E-state index in [-0.39, 0.29) is 17.4 Å². The first-order chi connectivity index (χ1) is 15.2. The van der Waals surface area contributed by atoms with Crippen molar-refractivity contribution in [3.63, 3.8) is 0 Å². The lowest BCUT2D eigenvalue weighted by molar-refractivity contribution is -0.0922. The Hall–Kier alpha value is -1.83. The number of fused-ring (bicyclic) bond motifs is 3. The van der Waals surface area contributed by atoms with Crippen LogP contribution in [0.4, 0.5) is 0 Å². The van der Waals surface area contributed by atoms with Crippen LogP contribution in [-0.4, -0.2) is 74.4 Å². The molecular weight excluding hydrogens is 404 g/mol. The molecule has 0 aromatic carbocycles. The zero-order chi connectivity index (χ0) is 22.8. The second kappa shape index (κ2) is 7.61. The lowest BCUT2D eigenvalue weighted by Crippen LogP contribution is -2.58. The summed E-state index contributed by atoms with van der Waals surface area (Å²) in [5.41, 5.74) is 3.49. The average Bonchev–Trinajstić information content (AvgIpc) is 3.00. The fourth-order valence-electron chi connectivity index (χ4n) is 6.83. The number of aliphatic hydroxyl groups excluding tert-OH is 3. The fraction of sp³-hybridized carbons (Fsp3) is 0.577. The van der Waals surface area contributed by atoms with Gasteiger partial charge in [-0.2, -0.15) is 0 Å². The summed E-state index contributed by atoms with van der Waals surface area (Å²) < 4.78 is 0. The van der Waals surface area contributed by atoms with Crippen LogP contribution in [0.15, 0.2) is 53.4 Å². The number of hydrogen-bond donors (Lipinski definition) is 4. The minimum Gasteiger partial charge on any atom is -0.388 e. The van der Waals surface area contributed by atoms with Gasteiger partial charge in [0.25, 0.3) is 0 Å². The summed E-state index contributed by atoms with van der Waals surface area (Å²) in [5, 5.41) is 44.6. The number of aliphatic hydroxyl groups is 4. The Morgan fingerprint density at radius 2 is 1.81 bits per heavy atom. The van der Waals surface area contributed by atoms with Crippen molar-refractivity contribution in [2.45, 2.75) is 69.0 Å². The summed E-state index contributed by atoms with van der Waals surface area (Å²) in [5.74, 6) is 0.247. The van der Waals surface area contributed by atoms with Crippen molar-refractivity contribution in [1.29, 1.82) is 0 Å². The quantitative estimate of drug-likeness (QED) is 0.564. The molecule has 4 aliphatic rings. The highest BCUT2D eigenvalue weighted by Gasteiger charge is 2.53. The van der Waals surface area contributed by atoms with Gasteiger partial charge >= 0.3 is 0 Å². The standard InChI is InChI=1S/C26H34N2O4/c1-25-14-22(29)17-12-20-23(30)24(31)21(28(2)3)13-26(20,32)9-6-16(17)19(25)5-4-18(25)15-7-10-27-11-8-15/h4,7-8,10-12,19,21-24,29-32H,5-6,9,13-14H2,1-3H3/t19?,21-,22?,23+,24+,25+,26+/m0/s1. The number of pyridine rings is 1. The molecule has 0 saturated heterocycles. The molecule has 1 saturated carbocycles. The van der Waals surface area contributed by atoms with E-state index in [4.69, 9.17) is 0 Å². The molecule has 172 valence electrons. The number of hydrogen-bond acceptors (Lipinski definition) is 6. The predicted octanol–water partition coefficient (Wildman–Crippen LogP) is 2.06. The predicted molar refractivity (Wildman–Crippen MR) is 122 cm³/mol. The molecule has 0 radical (unpaired) electrons. The SMILES string of the molecule is CN(C)[C@H]1C[C@]2(O)CCC3=C(C=C2[C@@H](O)[C@@H]1O)C(O)C[C@]1(C)C(c2ccncc2)=CCC31. The second-order valence-corrected chi connectivity index (χ2v) is 10.6. The molecule has 0 spiro atoms. The van der Waals surface area contributed by atoms with Crippen LogP contribution >= 0.6 is 0 Å². The molecule has 6 nitrogen and oxygen atoms in total. The van der Waals surface area contributed by atoms with Gasteiger partial charge in [-0.05, 0) is 86.5 Å². The van der Waals surface area contributed by atoms with Crippen LogP contribution in [0, 0.1) is 11.3 Å². The van der Waals surface area contributed by atoms with E-state index in [0.717, 1.165) is 17.6 Å². The summed E-state index contributed by atoms with van der Waals surface area (Å²) in [6.07, 6.45) is 7.92. The van der Waals surface area contributed by atoms with Gasteiger partial charge in [-0.25, -0.2) is 0 Å². The van der Waals surface area contributed by atoms with Gasteiger partial charge in [0, 0.05) is 23.9 Å². The van der Waals surface area contributed by atoms with Gasteiger partial charge in [-0.15, -0.1) is 0 Å². The van der Waals surface area contributed by atoms with E-state index < -0.39 is 23.9 Å². The Morgan fingerprint density at radius 3 is 2.50 bits per heavy atom. The summed E-state index contributed by atoms with van der Waals surface area (Å²) in [4.78, 5) is 6.02. The van der Waals surface area contributed by atoms with E-state index in [0.29, 0.717) is 31.3 Å². The van der Waals surface area contributed by atoms with Crippen LogP contribution in [0.3, 0.4) is 0 Å². The Balaban J connectivity index is 1.54. The highest BCUT2D eigenvalue weighted by molar-refractivity contribution is 5.74. The molecular formula is C26H34N2O4. The van der Waals surface area contributed by atoms with Gasteiger partial charge in [0.05, 0.1) is 17.8 Å². The zero-order valence-corrected chi connectivity index (χ0v) is 19.1. The topological polar surface area (TPSA) is 97.1 Å². The molecule has 1 aromatic rings. The lowest BCUT2D eigenvalue weighted by atomic mass is 9.61. The molecule has 32 heavy (non-hydrogen) atoms. The van der Waals surface area contributed by atoms with E-state index in [1.165, 1.54) is 11.1 Å². The van der Waals surface area contributed by atoms with E-state index in [9.17, 15) is 20.4 Å². The molecule has 1 heterocycles. The molecule has 1 fully saturated rings. The van der Waals surface area contributed by atoms with Crippen LogP contribution < -0.4 is 0 Å². The zero-order valence-electron chi connectivity index (χ0n) is 19.1. The van der Waals surface area contributed by atoms with Gasteiger partial charge in [0.1, 0.15) is 6.10 Å². The Bertz CT molecular complexity index is 1000. The van der Waals surface area contributed by atoms with E-state index in [1.807, 2.05) is 37.2 Å². The first-order valence-corrected chi connectivity index (χ1v) is 11.6. The maximum Gasteiger partial charge on any atom is 0.105 e. The highest BCUT2D eigenvalue weighted by Crippen LogP contribution is 2.60. The minimum absolute atomic E-state index is 0.194. The molecule has 4 aliphatic carbocycles. The first-order valence-electron chi connectivity index (χ1n) is 11.6. The number of nitrogens with zero attached hydrogens (tertiary/aromatic N) is 2. The summed E-state index contributed by atoms with van der Waals surface area (Å²) >= 11 is 0. The smallest absolute Gasteiger partial charge is 0.105 e. The van der Waals surface area contributed by atoms with Gasteiger partial charge in [-0.3, -0.25) is 4.98 Å². The Labute approximate surface area is 189 Å². The third-order valence-corrected chi connectivity index (χ3v) is 8.60. The maximum atomic E-state index is 11.7. The van der Waals surface area contributed by atoms with Gasteiger partial charge < -0.3 is 25.3 Å². The van der Waals surface area contributed by atoms with Crippen LogP contribution in [0.25, 0.3) is 5.57 Å². The van der Waals surface area contributed by atoms with Gasteiger partial charge in [0.2, 0.25) is 0 Å². The summed E-state index contributed by atoms with van der Waals surface area (Å²) in [6, 6.07) is 3.73. The Kier molecular flexibility index (Phi) is 5.23. The number of likely N-dealkylation sites (N-methyl/N-ethyl adjacent to an activating group) is 1. The first kappa shape index (κ1) is 22.0. The van der Waals surface area contributed by atoms with E-state index >= 15 is 0 Å². The second-order valence-electron chi connectivity index (χ2n) is 10.6. The normalized spacial score (nSPS) is 41.4. The molecule has 5 rings (SSSR count). The van der Waals surface area contributed by atoms with Crippen LogP contribution in [-0.2, 0) is 0 Å². The van der Waals surface area contributed by atoms with Crippen molar-refractivity contribution in [3.05, 3.63) is 59.0 Å². The molecule has 2 unspecified atom stereocenters.